The van der Waals surface area contributed by atoms with Crippen molar-refractivity contribution in [3.05, 3.63) is 35.7 Å². The largest absolute Gasteiger partial charge is 0.442 e. The van der Waals surface area contributed by atoms with Gasteiger partial charge in [0.05, 0.1) is 37.4 Å². The summed E-state index contributed by atoms with van der Waals surface area (Å²) in [5.41, 5.74) is 0.726. The Labute approximate surface area is 147 Å². The highest BCUT2D eigenvalue weighted by Gasteiger charge is 2.33. The van der Waals surface area contributed by atoms with Crippen molar-refractivity contribution in [3.8, 4) is 0 Å². The minimum Gasteiger partial charge on any atom is -0.442 e. The van der Waals surface area contributed by atoms with E-state index in [0.717, 1.165) is 0 Å². The van der Waals surface area contributed by atoms with E-state index in [4.69, 9.17) is 8.92 Å². The fourth-order valence-electron chi connectivity index (χ4n) is 2.54. The van der Waals surface area contributed by atoms with Crippen molar-refractivity contribution in [1.29, 1.82) is 0 Å². The molecule has 132 valence electrons. The second kappa shape index (κ2) is 7.24. The Morgan fingerprint density at radius 1 is 1.44 bits per heavy atom. The van der Waals surface area contributed by atoms with E-state index < -0.39 is 18.0 Å². The number of cyclic esters (lactones) is 1. The van der Waals surface area contributed by atoms with E-state index in [-0.39, 0.29) is 41.9 Å². The summed E-state index contributed by atoms with van der Waals surface area (Å²) in [7, 11) is 0. The molecule has 9 heteroatoms. The highest BCUT2D eigenvalue weighted by atomic mass is 32.2. The normalized spacial score (nSPS) is 20.3. The molecule has 2 amide bonds. The van der Waals surface area contributed by atoms with Crippen molar-refractivity contribution in [2.45, 2.75) is 13.0 Å². The number of carbonyl (C=O) groups excluding carboxylic acids is 3. The number of nitrogens with zero attached hydrogens (tertiary/aromatic N) is 1. The fourth-order valence-corrected chi connectivity index (χ4v) is 3.07. The van der Waals surface area contributed by atoms with Gasteiger partial charge in [0, 0.05) is 18.1 Å². The van der Waals surface area contributed by atoms with E-state index >= 15 is 0 Å². The van der Waals surface area contributed by atoms with Gasteiger partial charge in [-0.15, -0.1) is 0 Å². The number of ether oxygens (including phenoxy) is 1. The number of benzene rings is 1. The van der Waals surface area contributed by atoms with E-state index in [1.165, 1.54) is 30.0 Å². The molecule has 0 aromatic heterocycles. The predicted octanol–water partition coefficient (Wildman–Crippen LogP) is 1.88. The van der Waals surface area contributed by atoms with Crippen LogP contribution in [0.4, 0.5) is 14.9 Å². The molecule has 1 N–H and O–H groups in total. The Hall–Kier alpha value is -2.39. The lowest BCUT2D eigenvalue weighted by Gasteiger charge is -2.16. The van der Waals surface area contributed by atoms with Crippen molar-refractivity contribution in [1.82, 2.24) is 5.32 Å². The molecule has 0 saturated carbocycles. The molecule has 1 atom stereocenters. The summed E-state index contributed by atoms with van der Waals surface area (Å²) in [6.07, 6.45) is 0.402. The Balaban J connectivity index is 1.77. The molecule has 1 aromatic carbocycles. The molecule has 2 heterocycles. The Kier molecular flexibility index (Phi) is 5.05. The summed E-state index contributed by atoms with van der Waals surface area (Å²) >= 11 is 0.675. The standard InChI is InChI=1S/C16H15FN2O5S/c1-9(20)18-7-11-8-19(16(22)24-11)10-2-3-12(14(17)6-10)13-4-5-23-25-15(13)21/h2-4,6,11H,5,7-8H2,1H3,(H,18,20)/t11-/m0/s1. The maximum atomic E-state index is 14.5. The van der Waals surface area contributed by atoms with E-state index in [1.807, 2.05) is 0 Å². The summed E-state index contributed by atoms with van der Waals surface area (Å²) in [6, 6.07) is 4.19. The molecule has 2 aliphatic heterocycles. The molecular formula is C16H15FN2O5S. The quantitative estimate of drug-likeness (QED) is 0.819. The first kappa shape index (κ1) is 17.4. The van der Waals surface area contributed by atoms with E-state index in [0.29, 0.717) is 17.7 Å². The van der Waals surface area contributed by atoms with Crippen LogP contribution in [-0.4, -0.2) is 42.9 Å². The number of halogens is 1. The van der Waals surface area contributed by atoms with Crippen LogP contribution in [0, 0.1) is 5.82 Å². The molecule has 0 unspecified atom stereocenters. The number of carbonyl (C=O) groups is 3. The third-order valence-electron chi connectivity index (χ3n) is 3.72. The third-order valence-corrected chi connectivity index (χ3v) is 4.34. The molecule has 0 bridgehead atoms. The molecule has 2 aliphatic rings. The highest BCUT2D eigenvalue weighted by Crippen LogP contribution is 2.31. The van der Waals surface area contributed by atoms with Crippen LogP contribution in [-0.2, 0) is 18.5 Å². The van der Waals surface area contributed by atoms with Gasteiger partial charge in [-0.05, 0) is 24.3 Å². The summed E-state index contributed by atoms with van der Waals surface area (Å²) in [5.74, 6) is -0.838. The highest BCUT2D eigenvalue weighted by molar-refractivity contribution is 8.10. The lowest BCUT2D eigenvalue weighted by atomic mass is 10.0. The second-order valence-corrected chi connectivity index (χ2v) is 6.26. The number of anilines is 1. The number of nitrogens with one attached hydrogen (secondary N) is 1. The van der Waals surface area contributed by atoms with Crippen molar-refractivity contribution in [2.24, 2.45) is 0 Å². The minimum absolute atomic E-state index is 0.159. The Morgan fingerprint density at radius 3 is 2.92 bits per heavy atom. The maximum absolute atomic E-state index is 14.5. The number of hydrogen-bond acceptors (Lipinski definition) is 6. The Morgan fingerprint density at radius 2 is 2.24 bits per heavy atom. The van der Waals surface area contributed by atoms with Gasteiger partial charge in [-0.3, -0.25) is 14.5 Å². The molecule has 1 aromatic rings. The van der Waals surface area contributed by atoms with Crippen LogP contribution in [0.1, 0.15) is 12.5 Å². The van der Waals surface area contributed by atoms with Gasteiger partial charge < -0.3 is 14.2 Å². The maximum Gasteiger partial charge on any atom is 0.414 e. The molecule has 1 fully saturated rings. The van der Waals surface area contributed by atoms with Crippen molar-refractivity contribution in [3.63, 3.8) is 0 Å². The molecule has 0 radical (unpaired) electrons. The topological polar surface area (TPSA) is 84.9 Å². The van der Waals surface area contributed by atoms with Crippen molar-refractivity contribution < 1.29 is 27.7 Å². The predicted molar refractivity (Wildman–Crippen MR) is 89.2 cm³/mol. The first-order valence-corrected chi connectivity index (χ1v) is 8.26. The zero-order valence-corrected chi connectivity index (χ0v) is 14.1. The number of hydrogen-bond donors (Lipinski definition) is 1. The molecule has 25 heavy (non-hydrogen) atoms. The lowest BCUT2D eigenvalue weighted by Crippen LogP contribution is -2.33. The summed E-state index contributed by atoms with van der Waals surface area (Å²) in [6.45, 7) is 1.98. The van der Waals surface area contributed by atoms with Gasteiger partial charge in [0.15, 0.2) is 0 Å². The SMILES string of the molecule is CC(=O)NC[C@H]1CN(c2ccc(C3=CCOSC3=O)c(F)c2)C(=O)O1. The van der Waals surface area contributed by atoms with Crippen LogP contribution >= 0.6 is 12.0 Å². The third kappa shape index (κ3) is 3.83. The zero-order valence-electron chi connectivity index (χ0n) is 13.3. The lowest BCUT2D eigenvalue weighted by molar-refractivity contribution is -0.119. The van der Waals surface area contributed by atoms with Crippen molar-refractivity contribution >= 4 is 40.4 Å². The van der Waals surface area contributed by atoms with Crippen LogP contribution in [0.2, 0.25) is 0 Å². The van der Waals surface area contributed by atoms with Crippen LogP contribution in [0.25, 0.3) is 5.57 Å². The number of rotatable bonds is 4. The molecule has 0 spiro atoms. The van der Waals surface area contributed by atoms with Crippen LogP contribution in [0.3, 0.4) is 0 Å². The molecule has 1 saturated heterocycles. The van der Waals surface area contributed by atoms with Gasteiger partial charge in [-0.1, -0.05) is 0 Å². The van der Waals surface area contributed by atoms with Crippen molar-refractivity contribution in [2.75, 3.05) is 24.6 Å². The first-order valence-electron chi connectivity index (χ1n) is 7.52. The Bertz CT molecular complexity index is 767. The van der Waals surface area contributed by atoms with E-state index in [2.05, 4.69) is 5.32 Å². The van der Waals surface area contributed by atoms with Gasteiger partial charge in [0.25, 0.3) is 0 Å². The second-order valence-electron chi connectivity index (χ2n) is 5.49. The van der Waals surface area contributed by atoms with Gasteiger partial charge in [0.2, 0.25) is 11.0 Å². The van der Waals surface area contributed by atoms with Gasteiger partial charge >= 0.3 is 6.09 Å². The average molecular weight is 366 g/mol. The van der Waals surface area contributed by atoms with Gasteiger partial charge in [0.1, 0.15) is 11.9 Å². The number of amides is 2. The van der Waals surface area contributed by atoms with Gasteiger partial charge in [-0.2, -0.15) is 0 Å². The van der Waals surface area contributed by atoms with E-state index in [1.54, 1.807) is 6.07 Å². The van der Waals surface area contributed by atoms with Gasteiger partial charge in [-0.25, -0.2) is 9.18 Å². The fraction of sp³-hybridized carbons (Fsp3) is 0.312. The summed E-state index contributed by atoms with van der Waals surface area (Å²) in [4.78, 5) is 36.0. The minimum atomic E-state index is -0.613. The molecule has 3 rings (SSSR count). The van der Waals surface area contributed by atoms with Crippen LogP contribution in [0.15, 0.2) is 24.3 Å². The van der Waals surface area contributed by atoms with E-state index in [9.17, 15) is 18.8 Å². The van der Waals surface area contributed by atoms with Crippen LogP contribution in [0.5, 0.6) is 0 Å². The first-order chi connectivity index (χ1) is 12.0. The monoisotopic (exact) mass is 366 g/mol. The summed E-state index contributed by atoms with van der Waals surface area (Å²) in [5, 5.41) is 2.21. The smallest absolute Gasteiger partial charge is 0.414 e. The average Bonchev–Trinajstić information content (AvgIpc) is 2.95. The zero-order chi connectivity index (χ0) is 18.0. The molecular weight excluding hydrogens is 351 g/mol. The summed E-state index contributed by atoms with van der Waals surface area (Å²) < 4.78 is 24.5. The molecule has 0 aliphatic carbocycles. The molecule has 7 nitrogen and oxygen atoms in total. The van der Waals surface area contributed by atoms with Crippen LogP contribution < -0.4 is 10.2 Å².